The number of aromatic nitrogens is 2. The summed E-state index contributed by atoms with van der Waals surface area (Å²) in [5.74, 6) is 0.0735. The fourth-order valence-corrected chi connectivity index (χ4v) is 4.94. The Balaban J connectivity index is 1.54. The number of carbonyl (C=O) groups is 1. The van der Waals surface area contributed by atoms with Crippen molar-refractivity contribution in [2.75, 3.05) is 0 Å². The summed E-state index contributed by atoms with van der Waals surface area (Å²) in [6.07, 6.45) is 7.25. The highest BCUT2D eigenvalue weighted by atomic mass is 32.1. The van der Waals surface area contributed by atoms with Crippen LogP contribution in [0.15, 0.2) is 30.3 Å². The Bertz CT molecular complexity index is 931. The Hall–Kier alpha value is -2.14. The zero-order chi connectivity index (χ0) is 18.8. The molecule has 1 saturated carbocycles. The molecule has 2 heterocycles. The number of carbonyl (C=O) groups excluding carboxylic acids is 1. The zero-order valence-electron chi connectivity index (χ0n) is 16.1. The minimum atomic E-state index is 0.0735. The number of benzene rings is 1. The van der Waals surface area contributed by atoms with E-state index < -0.39 is 0 Å². The first-order valence-corrected chi connectivity index (χ1v) is 10.7. The number of aryl methyl sites for hydroxylation is 2. The highest BCUT2D eigenvalue weighted by Crippen LogP contribution is 2.29. The van der Waals surface area contributed by atoms with Crippen molar-refractivity contribution in [3.63, 3.8) is 0 Å². The van der Waals surface area contributed by atoms with Crippen molar-refractivity contribution in [3.05, 3.63) is 52.0 Å². The van der Waals surface area contributed by atoms with Crippen molar-refractivity contribution in [3.8, 4) is 0 Å². The van der Waals surface area contributed by atoms with Crippen LogP contribution in [-0.2, 0) is 6.54 Å². The third-order valence-corrected chi connectivity index (χ3v) is 6.62. The zero-order valence-corrected chi connectivity index (χ0v) is 16.9. The lowest BCUT2D eigenvalue weighted by Gasteiger charge is -2.15. The maximum atomic E-state index is 12.8. The van der Waals surface area contributed by atoms with Gasteiger partial charge in [0.2, 0.25) is 0 Å². The van der Waals surface area contributed by atoms with Gasteiger partial charge in [-0.05, 0) is 38.3 Å². The van der Waals surface area contributed by atoms with Gasteiger partial charge in [-0.1, -0.05) is 55.5 Å². The third-order valence-electron chi connectivity index (χ3n) is 5.47. The minimum absolute atomic E-state index is 0.0735. The highest BCUT2D eigenvalue weighted by Gasteiger charge is 2.20. The molecule has 0 radical (unpaired) electrons. The number of amides is 1. The maximum absolute atomic E-state index is 12.8. The van der Waals surface area contributed by atoms with Gasteiger partial charge in [0, 0.05) is 11.4 Å². The monoisotopic (exact) mass is 381 g/mol. The number of nitrogens with zero attached hydrogens (tertiary/aromatic N) is 2. The van der Waals surface area contributed by atoms with Gasteiger partial charge in [-0.25, -0.2) is 0 Å². The molecule has 1 aliphatic rings. The van der Waals surface area contributed by atoms with Crippen LogP contribution in [-0.4, -0.2) is 21.7 Å². The summed E-state index contributed by atoms with van der Waals surface area (Å²) in [6, 6.07) is 10.9. The fourth-order valence-electron chi connectivity index (χ4n) is 3.88. The lowest BCUT2D eigenvalue weighted by Crippen LogP contribution is -2.33. The van der Waals surface area contributed by atoms with Crippen molar-refractivity contribution in [1.82, 2.24) is 15.1 Å². The Kier molecular flexibility index (Phi) is 5.30. The average molecular weight is 382 g/mol. The van der Waals surface area contributed by atoms with Crippen LogP contribution in [0, 0.1) is 13.8 Å². The van der Waals surface area contributed by atoms with Gasteiger partial charge in [0.1, 0.15) is 4.83 Å². The van der Waals surface area contributed by atoms with Gasteiger partial charge in [0.25, 0.3) is 5.91 Å². The van der Waals surface area contributed by atoms with Crippen LogP contribution in [0.1, 0.15) is 65.0 Å². The van der Waals surface area contributed by atoms with Gasteiger partial charge < -0.3 is 5.32 Å². The van der Waals surface area contributed by atoms with E-state index in [-0.39, 0.29) is 5.91 Å². The number of thiophene rings is 1. The Morgan fingerprint density at radius 1 is 1.15 bits per heavy atom. The molecular formula is C22H27N3OS. The quantitative estimate of drug-likeness (QED) is 0.630. The van der Waals surface area contributed by atoms with E-state index in [0.717, 1.165) is 40.2 Å². The lowest BCUT2D eigenvalue weighted by atomic mass is 10.1. The largest absolute Gasteiger partial charge is 0.349 e. The molecule has 2 aromatic heterocycles. The second-order valence-electron chi connectivity index (χ2n) is 7.72. The molecule has 0 atom stereocenters. The van der Waals surface area contributed by atoms with E-state index in [1.54, 1.807) is 11.3 Å². The van der Waals surface area contributed by atoms with Gasteiger partial charge >= 0.3 is 0 Å². The van der Waals surface area contributed by atoms with E-state index in [4.69, 9.17) is 5.10 Å². The van der Waals surface area contributed by atoms with Crippen molar-refractivity contribution in [2.24, 2.45) is 0 Å². The Morgan fingerprint density at radius 2 is 1.85 bits per heavy atom. The summed E-state index contributed by atoms with van der Waals surface area (Å²) in [7, 11) is 0. The van der Waals surface area contributed by atoms with E-state index in [0.29, 0.717) is 6.04 Å². The van der Waals surface area contributed by atoms with Crippen molar-refractivity contribution in [1.29, 1.82) is 0 Å². The molecule has 142 valence electrons. The topological polar surface area (TPSA) is 46.9 Å². The van der Waals surface area contributed by atoms with Crippen molar-refractivity contribution < 1.29 is 4.79 Å². The Labute approximate surface area is 164 Å². The summed E-state index contributed by atoms with van der Waals surface area (Å²) in [4.78, 5) is 14.7. The second kappa shape index (κ2) is 7.85. The van der Waals surface area contributed by atoms with Crippen LogP contribution >= 0.6 is 11.3 Å². The second-order valence-corrected chi connectivity index (χ2v) is 8.75. The van der Waals surface area contributed by atoms with Crippen LogP contribution in [0.2, 0.25) is 0 Å². The molecule has 0 saturated heterocycles. The number of rotatable bonds is 4. The first-order valence-electron chi connectivity index (χ1n) is 9.93. The highest BCUT2D eigenvalue weighted by molar-refractivity contribution is 7.20. The number of nitrogens with one attached hydrogen (secondary N) is 1. The van der Waals surface area contributed by atoms with Crippen molar-refractivity contribution in [2.45, 2.75) is 65.0 Å². The smallest absolute Gasteiger partial charge is 0.261 e. The molecule has 0 bridgehead atoms. The SMILES string of the molecule is Cc1ccc(Cn2nc(C)c3cc(C(=O)NC4CCCCCC4)sc32)cc1. The predicted molar refractivity (Wildman–Crippen MR) is 112 cm³/mol. The Morgan fingerprint density at radius 3 is 2.56 bits per heavy atom. The summed E-state index contributed by atoms with van der Waals surface area (Å²) >= 11 is 1.56. The molecule has 27 heavy (non-hydrogen) atoms. The van der Waals surface area contributed by atoms with E-state index >= 15 is 0 Å². The van der Waals surface area contributed by atoms with Crippen LogP contribution in [0.4, 0.5) is 0 Å². The molecule has 4 nitrogen and oxygen atoms in total. The summed E-state index contributed by atoms with van der Waals surface area (Å²) in [5.41, 5.74) is 3.47. The first-order chi connectivity index (χ1) is 13.1. The summed E-state index contributed by atoms with van der Waals surface area (Å²) in [5, 5.41) is 9.05. The molecule has 1 aliphatic carbocycles. The number of hydrogen-bond donors (Lipinski definition) is 1. The van der Waals surface area contributed by atoms with Crippen molar-refractivity contribution >= 4 is 27.5 Å². The maximum Gasteiger partial charge on any atom is 0.261 e. The lowest BCUT2D eigenvalue weighted by molar-refractivity contribution is 0.0937. The predicted octanol–water partition coefficient (Wildman–Crippen LogP) is 5.22. The van der Waals surface area contributed by atoms with Crippen LogP contribution in [0.5, 0.6) is 0 Å². The number of fused-ring (bicyclic) bond motifs is 1. The van der Waals surface area contributed by atoms with Gasteiger partial charge in [0.05, 0.1) is 17.1 Å². The van der Waals surface area contributed by atoms with Gasteiger partial charge in [-0.3, -0.25) is 9.48 Å². The van der Waals surface area contributed by atoms with E-state index in [1.165, 1.54) is 36.8 Å². The molecule has 1 fully saturated rings. The van der Waals surface area contributed by atoms with E-state index in [2.05, 4.69) is 36.5 Å². The van der Waals surface area contributed by atoms with Gasteiger partial charge in [-0.2, -0.15) is 5.10 Å². The molecule has 5 heteroatoms. The molecule has 1 aromatic carbocycles. The summed E-state index contributed by atoms with van der Waals surface area (Å²) < 4.78 is 2.03. The molecule has 0 unspecified atom stereocenters. The van der Waals surface area contributed by atoms with Gasteiger partial charge in [0.15, 0.2) is 0 Å². The van der Waals surface area contributed by atoms with Crippen LogP contribution < -0.4 is 5.32 Å². The third kappa shape index (κ3) is 4.08. The van der Waals surface area contributed by atoms with E-state index in [9.17, 15) is 4.79 Å². The summed E-state index contributed by atoms with van der Waals surface area (Å²) in [6.45, 7) is 4.85. The first kappa shape index (κ1) is 18.2. The van der Waals surface area contributed by atoms with Gasteiger partial charge in [-0.15, -0.1) is 11.3 Å². The molecule has 4 rings (SSSR count). The molecule has 3 aromatic rings. The molecule has 1 amide bonds. The minimum Gasteiger partial charge on any atom is -0.349 e. The molecule has 0 spiro atoms. The normalized spacial score (nSPS) is 15.8. The molecular weight excluding hydrogens is 354 g/mol. The fraction of sp³-hybridized carbons (Fsp3) is 0.455. The average Bonchev–Trinajstić information content (AvgIpc) is 3.10. The molecule has 1 N–H and O–H groups in total. The standard InChI is InChI=1S/C22H27N3OS/c1-15-9-11-17(12-10-15)14-25-22-19(16(2)24-25)13-20(27-22)21(26)23-18-7-5-3-4-6-8-18/h9-13,18H,3-8,14H2,1-2H3,(H,23,26). The van der Waals surface area contributed by atoms with E-state index in [1.807, 2.05) is 17.7 Å². The van der Waals surface area contributed by atoms with Crippen LogP contribution in [0.3, 0.4) is 0 Å². The van der Waals surface area contributed by atoms with Crippen LogP contribution in [0.25, 0.3) is 10.2 Å². The number of hydrogen-bond acceptors (Lipinski definition) is 3. The molecule has 0 aliphatic heterocycles.